The van der Waals surface area contributed by atoms with E-state index in [2.05, 4.69) is 15.2 Å². The molecule has 114 valence electrons. The lowest BCUT2D eigenvalue weighted by molar-refractivity contribution is 0.391. The van der Waals surface area contributed by atoms with Crippen molar-refractivity contribution in [2.24, 2.45) is 0 Å². The van der Waals surface area contributed by atoms with Crippen molar-refractivity contribution >= 4 is 15.7 Å². The molecule has 1 aromatic heterocycles. The predicted octanol–water partition coefficient (Wildman–Crippen LogP) is 2.28. The number of aromatic nitrogens is 1. The summed E-state index contributed by atoms with van der Waals surface area (Å²) in [4.78, 5) is 0.263. The standard InChI is InChI=1S/C14H19N3O3S/c1-3-8-16-21(18,19)14-6-4-12(5-7-14)15-10-13-9-11(2)20-17-13/h4-7,9,15-16H,3,8,10H2,1-2H3. The zero-order valence-electron chi connectivity index (χ0n) is 12.1. The Morgan fingerprint density at radius 3 is 2.52 bits per heavy atom. The molecule has 21 heavy (non-hydrogen) atoms. The molecule has 0 radical (unpaired) electrons. The maximum Gasteiger partial charge on any atom is 0.240 e. The van der Waals surface area contributed by atoms with Crippen LogP contribution in [0, 0.1) is 6.92 Å². The minimum atomic E-state index is -3.41. The van der Waals surface area contributed by atoms with Crippen molar-refractivity contribution in [1.29, 1.82) is 0 Å². The van der Waals surface area contributed by atoms with E-state index in [-0.39, 0.29) is 4.90 Å². The van der Waals surface area contributed by atoms with Gasteiger partial charge in [0.1, 0.15) is 11.5 Å². The third-order valence-corrected chi connectivity index (χ3v) is 4.33. The molecule has 2 N–H and O–H groups in total. The minimum absolute atomic E-state index is 0.263. The van der Waals surface area contributed by atoms with Gasteiger partial charge < -0.3 is 9.84 Å². The van der Waals surface area contributed by atoms with Crippen molar-refractivity contribution in [1.82, 2.24) is 9.88 Å². The van der Waals surface area contributed by atoms with Crippen LogP contribution in [0.1, 0.15) is 24.8 Å². The second-order valence-electron chi connectivity index (χ2n) is 4.70. The summed E-state index contributed by atoms with van der Waals surface area (Å²) in [5, 5.41) is 7.04. The van der Waals surface area contributed by atoms with Crippen molar-refractivity contribution < 1.29 is 12.9 Å². The summed E-state index contributed by atoms with van der Waals surface area (Å²) < 4.78 is 31.4. The molecule has 0 saturated heterocycles. The summed E-state index contributed by atoms with van der Waals surface area (Å²) >= 11 is 0. The summed E-state index contributed by atoms with van der Waals surface area (Å²) in [6.45, 7) is 4.71. The fourth-order valence-corrected chi connectivity index (χ4v) is 2.90. The fourth-order valence-electron chi connectivity index (χ4n) is 1.77. The van der Waals surface area contributed by atoms with Gasteiger partial charge in [-0.2, -0.15) is 0 Å². The molecule has 0 aliphatic rings. The highest BCUT2D eigenvalue weighted by atomic mass is 32.2. The molecule has 7 heteroatoms. The van der Waals surface area contributed by atoms with Crippen molar-refractivity contribution in [2.45, 2.75) is 31.7 Å². The molecule has 1 heterocycles. The SMILES string of the molecule is CCCNS(=O)(=O)c1ccc(NCc2cc(C)on2)cc1. The third-order valence-electron chi connectivity index (χ3n) is 2.86. The third kappa shape index (κ3) is 4.30. The Bertz CT molecular complexity index is 678. The zero-order chi connectivity index (χ0) is 15.3. The van der Waals surface area contributed by atoms with Crippen molar-refractivity contribution in [3.8, 4) is 0 Å². The van der Waals surface area contributed by atoms with Crippen LogP contribution in [0.5, 0.6) is 0 Å². The summed E-state index contributed by atoms with van der Waals surface area (Å²) in [7, 11) is -3.41. The predicted molar refractivity (Wildman–Crippen MR) is 80.5 cm³/mol. The Kier molecular flexibility index (Phi) is 4.98. The Morgan fingerprint density at radius 2 is 1.95 bits per heavy atom. The number of hydrogen-bond donors (Lipinski definition) is 2. The van der Waals surface area contributed by atoms with Crippen LogP contribution in [0.3, 0.4) is 0 Å². The van der Waals surface area contributed by atoms with Gasteiger partial charge in [-0.1, -0.05) is 12.1 Å². The quantitative estimate of drug-likeness (QED) is 0.819. The number of nitrogens with one attached hydrogen (secondary N) is 2. The van der Waals surface area contributed by atoms with Gasteiger partial charge in [0, 0.05) is 18.3 Å². The molecule has 0 aliphatic heterocycles. The molecule has 0 unspecified atom stereocenters. The van der Waals surface area contributed by atoms with Gasteiger partial charge in [0.2, 0.25) is 10.0 Å². The lowest BCUT2D eigenvalue weighted by Gasteiger charge is -2.07. The lowest BCUT2D eigenvalue weighted by Crippen LogP contribution is -2.24. The first kappa shape index (κ1) is 15.5. The first-order valence-corrected chi connectivity index (χ1v) is 8.25. The Morgan fingerprint density at radius 1 is 1.24 bits per heavy atom. The Balaban J connectivity index is 1.98. The van der Waals surface area contributed by atoms with Crippen LogP contribution in [-0.2, 0) is 16.6 Å². The zero-order valence-corrected chi connectivity index (χ0v) is 12.9. The van der Waals surface area contributed by atoms with Crippen LogP contribution >= 0.6 is 0 Å². The fraction of sp³-hybridized carbons (Fsp3) is 0.357. The lowest BCUT2D eigenvalue weighted by atomic mass is 10.3. The summed E-state index contributed by atoms with van der Waals surface area (Å²) in [5.41, 5.74) is 1.62. The molecule has 0 atom stereocenters. The van der Waals surface area contributed by atoms with Gasteiger partial charge in [-0.3, -0.25) is 0 Å². The van der Waals surface area contributed by atoms with Crippen molar-refractivity contribution in [3.05, 3.63) is 41.8 Å². The van der Waals surface area contributed by atoms with E-state index in [9.17, 15) is 8.42 Å². The van der Waals surface area contributed by atoms with Gasteiger partial charge >= 0.3 is 0 Å². The molecule has 0 aliphatic carbocycles. The number of nitrogens with zero attached hydrogens (tertiary/aromatic N) is 1. The highest BCUT2D eigenvalue weighted by molar-refractivity contribution is 7.89. The number of aryl methyl sites for hydroxylation is 1. The second-order valence-corrected chi connectivity index (χ2v) is 6.47. The molecule has 2 rings (SSSR count). The molecular formula is C14H19N3O3S. The molecule has 0 saturated carbocycles. The van der Waals surface area contributed by atoms with Gasteiger partial charge in [-0.15, -0.1) is 0 Å². The molecule has 0 bridgehead atoms. The molecular weight excluding hydrogens is 290 g/mol. The summed E-state index contributed by atoms with van der Waals surface area (Å²) in [6.07, 6.45) is 0.760. The first-order valence-electron chi connectivity index (χ1n) is 6.77. The van der Waals surface area contributed by atoms with Crippen molar-refractivity contribution in [2.75, 3.05) is 11.9 Å². The molecule has 6 nitrogen and oxygen atoms in total. The monoisotopic (exact) mass is 309 g/mol. The van der Waals surface area contributed by atoms with E-state index in [1.807, 2.05) is 19.9 Å². The highest BCUT2D eigenvalue weighted by Crippen LogP contribution is 2.15. The van der Waals surface area contributed by atoms with Gasteiger partial charge in [0.05, 0.1) is 11.4 Å². The number of benzene rings is 1. The maximum atomic E-state index is 11.9. The molecule has 1 aromatic carbocycles. The van der Waals surface area contributed by atoms with Crippen LogP contribution in [0.15, 0.2) is 39.8 Å². The van der Waals surface area contributed by atoms with E-state index in [1.165, 1.54) is 0 Å². The van der Waals surface area contributed by atoms with Gasteiger partial charge in [-0.05, 0) is 37.6 Å². The Labute approximate surface area is 124 Å². The van der Waals surface area contributed by atoms with Crippen LogP contribution < -0.4 is 10.0 Å². The van der Waals surface area contributed by atoms with Crippen LogP contribution in [0.4, 0.5) is 5.69 Å². The number of anilines is 1. The van der Waals surface area contributed by atoms with Crippen molar-refractivity contribution in [3.63, 3.8) is 0 Å². The molecule has 0 fully saturated rings. The maximum absolute atomic E-state index is 11.9. The topological polar surface area (TPSA) is 84.2 Å². The smallest absolute Gasteiger partial charge is 0.240 e. The number of rotatable bonds is 7. The number of sulfonamides is 1. The second kappa shape index (κ2) is 6.73. The van der Waals surface area contributed by atoms with Crippen LogP contribution in [0.25, 0.3) is 0 Å². The van der Waals surface area contributed by atoms with E-state index in [0.29, 0.717) is 13.1 Å². The molecule has 2 aromatic rings. The first-order chi connectivity index (χ1) is 10.0. The minimum Gasteiger partial charge on any atom is -0.379 e. The van der Waals surface area contributed by atoms with Gasteiger partial charge in [0.25, 0.3) is 0 Å². The average Bonchev–Trinajstić information content (AvgIpc) is 2.89. The molecule has 0 amide bonds. The van der Waals surface area contributed by atoms with E-state index in [4.69, 9.17) is 4.52 Å². The average molecular weight is 309 g/mol. The van der Waals surface area contributed by atoms with E-state index in [0.717, 1.165) is 23.6 Å². The van der Waals surface area contributed by atoms with Crippen LogP contribution in [0.2, 0.25) is 0 Å². The van der Waals surface area contributed by atoms with Gasteiger partial charge in [0.15, 0.2) is 0 Å². The highest BCUT2D eigenvalue weighted by Gasteiger charge is 2.12. The van der Waals surface area contributed by atoms with E-state index >= 15 is 0 Å². The largest absolute Gasteiger partial charge is 0.379 e. The summed E-state index contributed by atoms with van der Waals surface area (Å²) in [5.74, 6) is 0.759. The van der Waals surface area contributed by atoms with Gasteiger partial charge in [-0.25, -0.2) is 13.1 Å². The Hall–Kier alpha value is -1.86. The van der Waals surface area contributed by atoms with E-state index in [1.54, 1.807) is 24.3 Å². The van der Waals surface area contributed by atoms with Crippen LogP contribution in [-0.4, -0.2) is 20.1 Å². The normalized spacial score (nSPS) is 11.5. The number of hydrogen-bond acceptors (Lipinski definition) is 5. The summed E-state index contributed by atoms with van der Waals surface area (Å²) in [6, 6.07) is 8.46. The van der Waals surface area contributed by atoms with E-state index < -0.39 is 10.0 Å². The molecule has 0 spiro atoms.